The van der Waals surface area contributed by atoms with Crippen LogP contribution in [0.2, 0.25) is 0 Å². The highest BCUT2D eigenvalue weighted by atomic mass is 16.4. The van der Waals surface area contributed by atoms with Crippen molar-refractivity contribution in [2.24, 2.45) is 5.16 Å². The molecule has 0 radical (unpaired) electrons. The molecule has 0 saturated carbocycles. The summed E-state index contributed by atoms with van der Waals surface area (Å²) >= 11 is 0. The predicted octanol–water partition coefficient (Wildman–Crippen LogP) is 1.60. The van der Waals surface area contributed by atoms with Gasteiger partial charge >= 0.3 is 0 Å². The van der Waals surface area contributed by atoms with Gasteiger partial charge in [-0.1, -0.05) is 23.4 Å². The molecule has 0 spiro atoms. The van der Waals surface area contributed by atoms with E-state index >= 15 is 0 Å². The molecule has 4 nitrogen and oxygen atoms in total. The highest BCUT2D eigenvalue weighted by Crippen LogP contribution is 2.21. The Morgan fingerprint density at radius 3 is 2.86 bits per heavy atom. The van der Waals surface area contributed by atoms with Crippen molar-refractivity contribution in [2.45, 2.75) is 12.8 Å². The van der Waals surface area contributed by atoms with Crippen LogP contribution in [0.15, 0.2) is 29.4 Å². The van der Waals surface area contributed by atoms with Gasteiger partial charge in [0, 0.05) is 24.1 Å². The standard InChI is InChI=1S/C10H10N2O2/c13-10-6-5-9(12-14)7-3-1-2-4-8(7)11-10/h1-4,14H,5-6H2,(H,11,13). The lowest BCUT2D eigenvalue weighted by Crippen LogP contribution is -2.08. The molecule has 14 heavy (non-hydrogen) atoms. The lowest BCUT2D eigenvalue weighted by Gasteiger charge is -2.05. The molecule has 0 atom stereocenters. The lowest BCUT2D eigenvalue weighted by atomic mass is 10.1. The molecular formula is C10H10N2O2. The van der Waals surface area contributed by atoms with Crippen molar-refractivity contribution in [1.29, 1.82) is 0 Å². The fraction of sp³-hybridized carbons (Fsp3) is 0.200. The fourth-order valence-corrected chi connectivity index (χ4v) is 1.53. The van der Waals surface area contributed by atoms with Crippen LogP contribution < -0.4 is 5.32 Å². The number of para-hydroxylation sites is 1. The Balaban J connectivity index is 2.51. The van der Waals surface area contributed by atoms with Gasteiger partial charge in [-0.15, -0.1) is 0 Å². The predicted molar refractivity (Wildman–Crippen MR) is 52.6 cm³/mol. The fourth-order valence-electron chi connectivity index (χ4n) is 1.53. The van der Waals surface area contributed by atoms with E-state index in [-0.39, 0.29) is 5.91 Å². The highest BCUT2D eigenvalue weighted by Gasteiger charge is 2.17. The van der Waals surface area contributed by atoms with Crippen molar-refractivity contribution in [3.05, 3.63) is 29.8 Å². The zero-order valence-corrected chi connectivity index (χ0v) is 7.53. The number of hydrogen-bond acceptors (Lipinski definition) is 3. The van der Waals surface area contributed by atoms with E-state index in [1.807, 2.05) is 18.2 Å². The van der Waals surface area contributed by atoms with E-state index in [1.54, 1.807) is 6.07 Å². The summed E-state index contributed by atoms with van der Waals surface area (Å²) in [6.45, 7) is 0. The first kappa shape index (κ1) is 8.74. The average Bonchev–Trinajstić information content (AvgIpc) is 2.36. The zero-order chi connectivity index (χ0) is 9.97. The summed E-state index contributed by atoms with van der Waals surface area (Å²) in [6, 6.07) is 7.31. The first-order valence-electron chi connectivity index (χ1n) is 4.41. The molecule has 1 aromatic carbocycles. The van der Waals surface area contributed by atoms with E-state index in [2.05, 4.69) is 10.5 Å². The van der Waals surface area contributed by atoms with Crippen LogP contribution >= 0.6 is 0 Å². The van der Waals surface area contributed by atoms with Crippen LogP contribution in [0, 0.1) is 0 Å². The molecule has 2 N–H and O–H groups in total. The molecular weight excluding hydrogens is 180 g/mol. The van der Waals surface area contributed by atoms with Gasteiger partial charge in [-0.05, 0) is 6.07 Å². The van der Waals surface area contributed by atoms with Gasteiger partial charge in [0.05, 0.1) is 5.71 Å². The van der Waals surface area contributed by atoms with E-state index in [4.69, 9.17) is 5.21 Å². The van der Waals surface area contributed by atoms with Crippen LogP contribution in [0.5, 0.6) is 0 Å². The Kier molecular flexibility index (Phi) is 2.18. The molecule has 2 rings (SSSR count). The van der Waals surface area contributed by atoms with Gasteiger partial charge in [0.15, 0.2) is 0 Å². The number of nitrogens with one attached hydrogen (secondary N) is 1. The van der Waals surface area contributed by atoms with E-state index in [9.17, 15) is 4.79 Å². The molecule has 0 aromatic heterocycles. The molecule has 0 saturated heterocycles. The number of fused-ring (bicyclic) bond motifs is 1. The SMILES string of the molecule is O=C1CCC(=NO)c2ccccc2N1. The number of rotatable bonds is 0. The van der Waals surface area contributed by atoms with Crippen LogP contribution in [0.25, 0.3) is 0 Å². The molecule has 1 amide bonds. The van der Waals surface area contributed by atoms with Crippen molar-refractivity contribution in [1.82, 2.24) is 0 Å². The molecule has 4 heteroatoms. The summed E-state index contributed by atoms with van der Waals surface area (Å²) in [5, 5.41) is 14.8. The second-order valence-electron chi connectivity index (χ2n) is 3.14. The molecule has 0 aliphatic carbocycles. The topological polar surface area (TPSA) is 61.7 Å². The molecule has 0 bridgehead atoms. The highest BCUT2D eigenvalue weighted by molar-refractivity contribution is 6.11. The van der Waals surface area contributed by atoms with Crippen LogP contribution in [-0.4, -0.2) is 16.8 Å². The maximum Gasteiger partial charge on any atom is 0.224 e. The molecule has 1 aliphatic heterocycles. The molecule has 1 heterocycles. The van der Waals surface area contributed by atoms with Gasteiger partial charge in [0.1, 0.15) is 0 Å². The van der Waals surface area contributed by atoms with Crippen LogP contribution in [0.3, 0.4) is 0 Å². The minimum atomic E-state index is -0.0453. The number of benzene rings is 1. The minimum absolute atomic E-state index is 0.0453. The number of anilines is 1. The van der Waals surface area contributed by atoms with Crippen molar-refractivity contribution in [3.8, 4) is 0 Å². The van der Waals surface area contributed by atoms with Crippen LogP contribution in [0.1, 0.15) is 18.4 Å². The van der Waals surface area contributed by atoms with Crippen molar-refractivity contribution >= 4 is 17.3 Å². The smallest absolute Gasteiger partial charge is 0.224 e. The minimum Gasteiger partial charge on any atom is -0.411 e. The van der Waals surface area contributed by atoms with Gasteiger partial charge in [-0.2, -0.15) is 0 Å². The second-order valence-corrected chi connectivity index (χ2v) is 3.14. The lowest BCUT2D eigenvalue weighted by molar-refractivity contribution is -0.116. The summed E-state index contributed by atoms with van der Waals surface area (Å²) in [4.78, 5) is 11.3. The van der Waals surface area contributed by atoms with Gasteiger partial charge in [-0.3, -0.25) is 4.79 Å². The maximum atomic E-state index is 11.3. The Hall–Kier alpha value is -1.84. The number of carbonyl (C=O) groups is 1. The number of amides is 1. The zero-order valence-electron chi connectivity index (χ0n) is 7.53. The van der Waals surface area contributed by atoms with Crippen LogP contribution in [0.4, 0.5) is 5.69 Å². The van der Waals surface area contributed by atoms with Crippen molar-refractivity contribution in [2.75, 3.05) is 5.32 Å². The number of carbonyl (C=O) groups excluding carboxylic acids is 1. The van der Waals surface area contributed by atoms with E-state index in [0.717, 1.165) is 5.56 Å². The van der Waals surface area contributed by atoms with E-state index in [0.29, 0.717) is 24.2 Å². The first-order valence-corrected chi connectivity index (χ1v) is 4.41. The monoisotopic (exact) mass is 190 g/mol. The van der Waals surface area contributed by atoms with E-state index in [1.165, 1.54) is 0 Å². The number of nitrogens with zero attached hydrogens (tertiary/aromatic N) is 1. The second kappa shape index (κ2) is 3.49. The van der Waals surface area contributed by atoms with Gasteiger partial charge in [0.25, 0.3) is 0 Å². The third-order valence-electron chi connectivity index (χ3n) is 2.22. The normalized spacial score (nSPS) is 18.6. The molecule has 1 aliphatic rings. The number of oxime groups is 1. The molecule has 72 valence electrons. The summed E-state index contributed by atoms with van der Waals surface area (Å²) in [7, 11) is 0. The number of hydrogen-bond donors (Lipinski definition) is 2. The summed E-state index contributed by atoms with van der Waals surface area (Å²) in [6.07, 6.45) is 0.827. The van der Waals surface area contributed by atoms with E-state index < -0.39 is 0 Å². The Bertz CT molecular complexity index is 399. The summed E-state index contributed by atoms with van der Waals surface area (Å²) in [5.74, 6) is -0.0453. The van der Waals surface area contributed by atoms with Gasteiger partial charge in [-0.25, -0.2) is 0 Å². The van der Waals surface area contributed by atoms with Crippen molar-refractivity contribution < 1.29 is 10.0 Å². The summed E-state index contributed by atoms with van der Waals surface area (Å²) in [5.41, 5.74) is 2.06. The van der Waals surface area contributed by atoms with Gasteiger partial charge in [0.2, 0.25) is 5.91 Å². The Morgan fingerprint density at radius 2 is 2.07 bits per heavy atom. The molecule has 0 fully saturated rings. The van der Waals surface area contributed by atoms with Crippen LogP contribution in [-0.2, 0) is 4.79 Å². The third kappa shape index (κ3) is 1.46. The average molecular weight is 190 g/mol. The molecule has 1 aromatic rings. The Labute approximate surface area is 81.2 Å². The first-order chi connectivity index (χ1) is 6.81. The van der Waals surface area contributed by atoms with Gasteiger partial charge < -0.3 is 10.5 Å². The summed E-state index contributed by atoms with van der Waals surface area (Å²) < 4.78 is 0. The third-order valence-corrected chi connectivity index (χ3v) is 2.22. The largest absolute Gasteiger partial charge is 0.411 e. The Morgan fingerprint density at radius 1 is 1.29 bits per heavy atom. The maximum absolute atomic E-state index is 11.3. The van der Waals surface area contributed by atoms with Crippen molar-refractivity contribution in [3.63, 3.8) is 0 Å². The quantitative estimate of drug-likeness (QED) is 0.482. The molecule has 0 unspecified atom stereocenters.